The first kappa shape index (κ1) is 17.5. The van der Waals surface area contributed by atoms with Crippen molar-refractivity contribution in [1.82, 2.24) is 24.6 Å². The Morgan fingerprint density at radius 2 is 2.04 bits per heavy atom. The summed E-state index contributed by atoms with van der Waals surface area (Å²) in [5.41, 5.74) is 4.19. The van der Waals surface area contributed by atoms with E-state index in [1.54, 1.807) is 10.9 Å². The van der Waals surface area contributed by atoms with Crippen LogP contribution in [0.1, 0.15) is 36.0 Å². The van der Waals surface area contributed by atoms with Gasteiger partial charge in [-0.2, -0.15) is 5.10 Å². The largest absolute Gasteiger partial charge is 0.346 e. The zero-order valence-corrected chi connectivity index (χ0v) is 15.9. The van der Waals surface area contributed by atoms with Crippen LogP contribution in [0, 0.1) is 13.8 Å². The van der Waals surface area contributed by atoms with Crippen LogP contribution in [0.15, 0.2) is 42.6 Å². The van der Waals surface area contributed by atoms with Crippen LogP contribution in [0.4, 0.5) is 0 Å². The molecule has 4 rings (SSSR count). The monoisotopic (exact) mass is 363 g/mol. The Morgan fingerprint density at radius 3 is 2.78 bits per heavy atom. The number of amides is 1. The van der Waals surface area contributed by atoms with Gasteiger partial charge < -0.3 is 9.88 Å². The number of hydrogen-bond acceptors (Lipinski definition) is 3. The molecule has 27 heavy (non-hydrogen) atoms. The van der Waals surface area contributed by atoms with Gasteiger partial charge in [0.05, 0.1) is 11.4 Å². The van der Waals surface area contributed by atoms with Crippen LogP contribution >= 0.6 is 0 Å². The molecule has 0 radical (unpaired) electrons. The maximum absolute atomic E-state index is 12.9. The number of H-pyrrole nitrogens is 1. The number of hydrogen-bond donors (Lipinski definition) is 1. The van der Waals surface area contributed by atoms with Crippen LogP contribution in [0.25, 0.3) is 11.3 Å². The quantitative estimate of drug-likeness (QED) is 0.773. The molecule has 1 N–H and O–H groups in total. The number of rotatable bonds is 4. The van der Waals surface area contributed by atoms with Crippen LogP contribution in [0.2, 0.25) is 0 Å². The lowest BCUT2D eigenvalue weighted by atomic mass is 9.97. The molecule has 0 bridgehead atoms. The lowest BCUT2D eigenvalue weighted by molar-refractivity contribution is -0.133. The number of imidazole rings is 1. The van der Waals surface area contributed by atoms with E-state index >= 15 is 0 Å². The van der Waals surface area contributed by atoms with Gasteiger partial charge in [-0.1, -0.05) is 30.3 Å². The second-order valence-electron chi connectivity index (χ2n) is 7.25. The van der Waals surface area contributed by atoms with Gasteiger partial charge in [-0.25, -0.2) is 4.98 Å². The number of nitrogens with one attached hydrogen (secondary N) is 1. The summed E-state index contributed by atoms with van der Waals surface area (Å²) in [6.45, 7) is 5.84. The van der Waals surface area contributed by atoms with E-state index in [0.717, 1.165) is 47.9 Å². The van der Waals surface area contributed by atoms with Gasteiger partial charge in [0.25, 0.3) is 0 Å². The molecule has 0 aliphatic carbocycles. The third kappa shape index (κ3) is 3.65. The molecule has 1 saturated heterocycles. The number of carbonyl (C=O) groups excluding carboxylic acids is 1. The zero-order chi connectivity index (χ0) is 18.8. The van der Waals surface area contributed by atoms with E-state index < -0.39 is 0 Å². The smallest absolute Gasteiger partial charge is 0.244 e. The van der Waals surface area contributed by atoms with Crippen LogP contribution in [-0.4, -0.2) is 43.6 Å². The number of benzene rings is 1. The minimum atomic E-state index is 0.112. The van der Waals surface area contributed by atoms with Crippen molar-refractivity contribution in [2.75, 3.05) is 13.1 Å². The number of likely N-dealkylation sites (tertiary alicyclic amines) is 1. The highest BCUT2D eigenvalue weighted by molar-refractivity contribution is 5.77. The predicted molar refractivity (Wildman–Crippen MR) is 104 cm³/mol. The number of aryl methyl sites for hydroxylation is 2. The van der Waals surface area contributed by atoms with E-state index in [0.29, 0.717) is 6.54 Å². The molecule has 1 aliphatic rings. The minimum Gasteiger partial charge on any atom is -0.346 e. The average molecular weight is 363 g/mol. The van der Waals surface area contributed by atoms with Gasteiger partial charge >= 0.3 is 0 Å². The molecule has 1 fully saturated rings. The van der Waals surface area contributed by atoms with E-state index in [9.17, 15) is 4.79 Å². The lowest BCUT2D eigenvalue weighted by Gasteiger charge is -2.32. The minimum absolute atomic E-state index is 0.112. The van der Waals surface area contributed by atoms with Gasteiger partial charge in [-0.15, -0.1) is 0 Å². The van der Waals surface area contributed by atoms with Gasteiger partial charge in [-0.3, -0.25) is 9.48 Å². The molecule has 3 heterocycles. The van der Waals surface area contributed by atoms with Crippen molar-refractivity contribution in [1.29, 1.82) is 0 Å². The Kier molecular flexibility index (Phi) is 4.79. The standard InChI is InChI=1S/C21H25N5O/c1-15-16(2)24-21(23-15)18-9-6-12-25(13-18)20(27)14-26-19(10-11-22-26)17-7-4-3-5-8-17/h3-5,7-8,10-11,18H,6,9,12-14H2,1-2H3,(H,23,24). The Labute approximate surface area is 159 Å². The molecule has 2 aromatic heterocycles. The van der Waals surface area contributed by atoms with E-state index in [1.807, 2.05) is 55.1 Å². The van der Waals surface area contributed by atoms with Crippen LogP contribution < -0.4 is 0 Å². The van der Waals surface area contributed by atoms with Crippen molar-refractivity contribution in [2.24, 2.45) is 0 Å². The highest BCUT2D eigenvalue weighted by Gasteiger charge is 2.27. The fourth-order valence-electron chi connectivity index (χ4n) is 3.74. The highest BCUT2D eigenvalue weighted by atomic mass is 16.2. The topological polar surface area (TPSA) is 66.8 Å². The molecule has 1 atom stereocenters. The molecule has 3 aromatic rings. The summed E-state index contributed by atoms with van der Waals surface area (Å²) in [7, 11) is 0. The van der Waals surface area contributed by atoms with E-state index in [-0.39, 0.29) is 18.4 Å². The number of carbonyl (C=O) groups is 1. The summed E-state index contributed by atoms with van der Waals surface area (Å²) in [6.07, 6.45) is 3.82. The van der Waals surface area contributed by atoms with Gasteiger partial charge in [0.15, 0.2) is 0 Å². The Hall–Kier alpha value is -2.89. The van der Waals surface area contributed by atoms with E-state index in [2.05, 4.69) is 15.1 Å². The highest BCUT2D eigenvalue weighted by Crippen LogP contribution is 2.26. The van der Waals surface area contributed by atoms with Crippen molar-refractivity contribution >= 4 is 5.91 Å². The van der Waals surface area contributed by atoms with Crippen LogP contribution in [-0.2, 0) is 11.3 Å². The molecule has 0 spiro atoms. The summed E-state index contributed by atoms with van der Waals surface area (Å²) in [5, 5.41) is 4.37. The van der Waals surface area contributed by atoms with Gasteiger partial charge in [0.2, 0.25) is 5.91 Å². The molecule has 6 heteroatoms. The third-order valence-electron chi connectivity index (χ3n) is 5.38. The Balaban J connectivity index is 1.47. The molecule has 1 aliphatic heterocycles. The van der Waals surface area contributed by atoms with Crippen molar-refractivity contribution < 1.29 is 4.79 Å². The summed E-state index contributed by atoms with van der Waals surface area (Å²) >= 11 is 0. The molecule has 1 amide bonds. The number of nitrogens with zero attached hydrogens (tertiary/aromatic N) is 4. The summed E-state index contributed by atoms with van der Waals surface area (Å²) in [5.74, 6) is 1.40. The maximum Gasteiger partial charge on any atom is 0.244 e. The van der Waals surface area contributed by atoms with Crippen molar-refractivity contribution in [2.45, 2.75) is 39.2 Å². The molecule has 6 nitrogen and oxygen atoms in total. The first-order valence-corrected chi connectivity index (χ1v) is 9.50. The third-order valence-corrected chi connectivity index (χ3v) is 5.38. The van der Waals surface area contributed by atoms with Crippen molar-refractivity contribution in [3.63, 3.8) is 0 Å². The first-order chi connectivity index (χ1) is 13.1. The molecule has 1 aromatic carbocycles. The van der Waals surface area contributed by atoms with Crippen molar-refractivity contribution in [3.8, 4) is 11.3 Å². The molecular formula is C21H25N5O. The number of piperidine rings is 1. The normalized spacial score (nSPS) is 17.3. The maximum atomic E-state index is 12.9. The molecular weight excluding hydrogens is 338 g/mol. The SMILES string of the molecule is Cc1nc(C2CCCN(C(=O)Cn3nccc3-c3ccccc3)C2)[nH]c1C. The van der Waals surface area contributed by atoms with Gasteiger partial charge in [0, 0.05) is 30.9 Å². The number of aromatic nitrogens is 4. The fraction of sp³-hybridized carbons (Fsp3) is 0.381. The predicted octanol–water partition coefficient (Wildman–Crippen LogP) is 3.30. The zero-order valence-electron chi connectivity index (χ0n) is 15.9. The first-order valence-electron chi connectivity index (χ1n) is 9.50. The molecule has 1 unspecified atom stereocenters. The second-order valence-corrected chi connectivity index (χ2v) is 7.25. The Bertz CT molecular complexity index is 908. The second kappa shape index (κ2) is 7.39. The van der Waals surface area contributed by atoms with Gasteiger partial charge in [0.1, 0.15) is 12.4 Å². The van der Waals surface area contributed by atoms with Crippen molar-refractivity contribution in [3.05, 3.63) is 59.8 Å². The Morgan fingerprint density at radius 1 is 1.22 bits per heavy atom. The molecule has 140 valence electrons. The summed E-state index contributed by atoms with van der Waals surface area (Å²) < 4.78 is 1.79. The van der Waals surface area contributed by atoms with Crippen LogP contribution in [0.3, 0.4) is 0 Å². The fourth-order valence-corrected chi connectivity index (χ4v) is 3.74. The molecule has 0 saturated carbocycles. The summed E-state index contributed by atoms with van der Waals surface area (Å²) in [4.78, 5) is 22.9. The lowest BCUT2D eigenvalue weighted by Crippen LogP contribution is -2.41. The van der Waals surface area contributed by atoms with Gasteiger partial charge in [-0.05, 0) is 38.3 Å². The van der Waals surface area contributed by atoms with E-state index in [1.165, 1.54) is 0 Å². The summed E-state index contributed by atoms with van der Waals surface area (Å²) in [6, 6.07) is 12.0. The van der Waals surface area contributed by atoms with Crippen LogP contribution in [0.5, 0.6) is 0 Å². The van der Waals surface area contributed by atoms with E-state index in [4.69, 9.17) is 0 Å². The number of aromatic amines is 1. The average Bonchev–Trinajstić information content (AvgIpc) is 3.29.